The normalized spacial score (nSPS) is 11.7. The number of hydrogen-bond acceptors (Lipinski definition) is 5. The van der Waals surface area contributed by atoms with Gasteiger partial charge in [-0.1, -0.05) is 30.3 Å². The quantitative estimate of drug-likeness (QED) is 0.663. The average Bonchev–Trinajstić information content (AvgIpc) is 3.16. The number of thiazole rings is 1. The van der Waals surface area contributed by atoms with Crippen LogP contribution in [0.25, 0.3) is 11.3 Å². The van der Waals surface area contributed by atoms with E-state index in [1.165, 1.54) is 11.3 Å². The van der Waals surface area contributed by atoms with Crippen molar-refractivity contribution in [3.8, 4) is 17.0 Å². The molecule has 3 rings (SSSR count). The lowest BCUT2D eigenvalue weighted by molar-refractivity contribution is -0.123. The van der Waals surface area contributed by atoms with E-state index in [2.05, 4.69) is 10.3 Å². The number of nitrogens with two attached hydrogens (primary N) is 1. The Balaban J connectivity index is 1.57. The number of nitrogen functional groups attached to an aromatic ring is 1. The first kappa shape index (κ1) is 17.0. The second-order valence-corrected chi connectivity index (χ2v) is 6.33. The third kappa shape index (κ3) is 4.36. The Hall–Kier alpha value is -2.86. The van der Waals surface area contributed by atoms with Crippen LogP contribution in [0.15, 0.2) is 59.4 Å². The Bertz CT molecular complexity index is 835. The smallest absolute Gasteiger partial charge is 0.258 e. The van der Waals surface area contributed by atoms with Crippen LogP contribution >= 0.6 is 11.3 Å². The minimum atomic E-state index is -0.195. The Morgan fingerprint density at radius 2 is 2.08 bits per heavy atom. The van der Waals surface area contributed by atoms with Gasteiger partial charge in [0, 0.05) is 10.9 Å². The molecule has 0 saturated carbocycles. The summed E-state index contributed by atoms with van der Waals surface area (Å²) < 4.78 is 5.55. The van der Waals surface area contributed by atoms with Gasteiger partial charge in [0.2, 0.25) is 0 Å². The summed E-state index contributed by atoms with van der Waals surface area (Å²) in [7, 11) is 0. The molecular weight excluding hydrogens is 334 g/mol. The van der Waals surface area contributed by atoms with Gasteiger partial charge in [-0.05, 0) is 30.7 Å². The van der Waals surface area contributed by atoms with E-state index >= 15 is 0 Å². The molecule has 1 atom stereocenters. The van der Waals surface area contributed by atoms with Crippen molar-refractivity contribution in [1.29, 1.82) is 0 Å². The molecular formula is C19H19N3O2S. The van der Waals surface area contributed by atoms with Crippen molar-refractivity contribution >= 4 is 22.9 Å². The van der Waals surface area contributed by atoms with E-state index < -0.39 is 0 Å². The van der Waals surface area contributed by atoms with Crippen molar-refractivity contribution in [3.63, 3.8) is 0 Å². The molecule has 2 aromatic carbocycles. The lowest BCUT2D eigenvalue weighted by Gasteiger charge is -2.15. The van der Waals surface area contributed by atoms with Crippen LogP contribution in [-0.4, -0.2) is 17.5 Å². The number of nitrogens with one attached hydrogen (secondary N) is 1. The molecule has 3 aromatic rings. The van der Waals surface area contributed by atoms with E-state index in [0.29, 0.717) is 11.4 Å². The zero-order chi connectivity index (χ0) is 17.6. The first-order chi connectivity index (χ1) is 12.1. The van der Waals surface area contributed by atoms with Crippen LogP contribution in [0.4, 0.5) is 5.69 Å². The third-order valence-electron chi connectivity index (χ3n) is 3.77. The lowest BCUT2D eigenvalue weighted by Crippen LogP contribution is -2.31. The minimum absolute atomic E-state index is 0.0818. The lowest BCUT2D eigenvalue weighted by atomic mass is 10.1. The molecule has 1 heterocycles. The molecule has 0 radical (unpaired) electrons. The number of amides is 1. The Morgan fingerprint density at radius 1 is 1.28 bits per heavy atom. The molecule has 1 unspecified atom stereocenters. The van der Waals surface area contributed by atoms with E-state index in [0.717, 1.165) is 16.8 Å². The monoisotopic (exact) mass is 353 g/mol. The fourth-order valence-electron chi connectivity index (χ4n) is 2.45. The molecule has 0 aliphatic carbocycles. The van der Waals surface area contributed by atoms with Crippen LogP contribution in [0, 0.1) is 0 Å². The van der Waals surface area contributed by atoms with Gasteiger partial charge in [-0.3, -0.25) is 4.79 Å². The standard InChI is InChI=1S/C19H19N3O2S/c1-13(14-5-3-2-4-6-14)22-19(23)10-24-18-8-7-15(9-16(18)20)17-11-25-12-21-17/h2-9,11-13H,10,20H2,1H3,(H,22,23). The Labute approximate surface area is 150 Å². The maximum absolute atomic E-state index is 12.1. The van der Waals surface area contributed by atoms with Gasteiger partial charge >= 0.3 is 0 Å². The number of anilines is 1. The predicted molar refractivity (Wildman–Crippen MR) is 100 cm³/mol. The molecule has 0 aliphatic rings. The van der Waals surface area contributed by atoms with Crippen molar-refractivity contribution in [2.45, 2.75) is 13.0 Å². The summed E-state index contributed by atoms with van der Waals surface area (Å²) >= 11 is 1.53. The molecule has 6 heteroatoms. The Kier molecular flexibility index (Phi) is 5.30. The van der Waals surface area contributed by atoms with Gasteiger partial charge in [-0.25, -0.2) is 4.98 Å². The fraction of sp³-hybridized carbons (Fsp3) is 0.158. The van der Waals surface area contributed by atoms with E-state index in [1.54, 1.807) is 17.6 Å². The Morgan fingerprint density at radius 3 is 2.76 bits per heavy atom. The summed E-state index contributed by atoms with van der Waals surface area (Å²) in [6.07, 6.45) is 0. The van der Waals surface area contributed by atoms with Gasteiger partial charge in [0.15, 0.2) is 6.61 Å². The number of benzene rings is 2. The molecule has 0 spiro atoms. The van der Waals surface area contributed by atoms with Crippen molar-refractivity contribution < 1.29 is 9.53 Å². The number of aromatic nitrogens is 1. The van der Waals surface area contributed by atoms with E-state index in [1.807, 2.05) is 48.7 Å². The highest BCUT2D eigenvalue weighted by atomic mass is 32.1. The van der Waals surface area contributed by atoms with Crippen LogP contribution in [0.5, 0.6) is 5.75 Å². The first-order valence-electron chi connectivity index (χ1n) is 7.88. The van der Waals surface area contributed by atoms with Crippen LogP contribution in [0.2, 0.25) is 0 Å². The van der Waals surface area contributed by atoms with E-state index in [4.69, 9.17) is 10.5 Å². The number of ether oxygens (including phenoxy) is 1. The fourth-order valence-corrected chi connectivity index (χ4v) is 3.01. The molecule has 5 nitrogen and oxygen atoms in total. The van der Waals surface area contributed by atoms with Gasteiger partial charge in [-0.2, -0.15) is 0 Å². The molecule has 25 heavy (non-hydrogen) atoms. The van der Waals surface area contributed by atoms with Crippen LogP contribution < -0.4 is 15.8 Å². The zero-order valence-corrected chi connectivity index (χ0v) is 14.6. The van der Waals surface area contributed by atoms with Crippen LogP contribution in [-0.2, 0) is 4.79 Å². The topological polar surface area (TPSA) is 77.2 Å². The molecule has 3 N–H and O–H groups in total. The molecule has 0 aliphatic heterocycles. The maximum Gasteiger partial charge on any atom is 0.258 e. The van der Waals surface area contributed by atoms with Crippen molar-refractivity contribution in [3.05, 3.63) is 65.0 Å². The van der Waals surface area contributed by atoms with Gasteiger partial charge in [0.1, 0.15) is 5.75 Å². The maximum atomic E-state index is 12.1. The molecule has 0 fully saturated rings. The van der Waals surface area contributed by atoms with Crippen molar-refractivity contribution in [1.82, 2.24) is 10.3 Å². The highest BCUT2D eigenvalue weighted by Crippen LogP contribution is 2.28. The summed E-state index contributed by atoms with van der Waals surface area (Å²) in [6.45, 7) is 1.85. The number of carbonyl (C=O) groups excluding carboxylic acids is 1. The van der Waals surface area contributed by atoms with Crippen molar-refractivity contribution in [2.24, 2.45) is 0 Å². The average molecular weight is 353 g/mol. The van der Waals surface area contributed by atoms with E-state index in [9.17, 15) is 4.79 Å². The first-order valence-corrected chi connectivity index (χ1v) is 8.83. The number of rotatable bonds is 6. The van der Waals surface area contributed by atoms with Gasteiger partial charge in [0.25, 0.3) is 5.91 Å². The molecule has 1 amide bonds. The van der Waals surface area contributed by atoms with Gasteiger partial charge < -0.3 is 15.8 Å². The zero-order valence-electron chi connectivity index (χ0n) is 13.8. The predicted octanol–water partition coefficient (Wildman–Crippen LogP) is 3.65. The highest BCUT2D eigenvalue weighted by Gasteiger charge is 2.11. The number of hydrogen-bond donors (Lipinski definition) is 2. The van der Waals surface area contributed by atoms with Crippen LogP contribution in [0.3, 0.4) is 0 Å². The summed E-state index contributed by atoms with van der Waals surface area (Å²) in [5.41, 5.74) is 11.1. The van der Waals surface area contributed by atoms with Crippen LogP contribution in [0.1, 0.15) is 18.5 Å². The van der Waals surface area contributed by atoms with Crippen molar-refractivity contribution in [2.75, 3.05) is 12.3 Å². The summed E-state index contributed by atoms with van der Waals surface area (Å²) in [4.78, 5) is 16.3. The van der Waals surface area contributed by atoms with E-state index in [-0.39, 0.29) is 18.6 Å². The summed E-state index contributed by atoms with van der Waals surface area (Å²) in [5, 5.41) is 4.86. The molecule has 1 aromatic heterocycles. The highest BCUT2D eigenvalue weighted by molar-refractivity contribution is 7.07. The summed E-state index contributed by atoms with van der Waals surface area (Å²) in [6, 6.07) is 15.1. The molecule has 0 saturated heterocycles. The largest absolute Gasteiger partial charge is 0.482 e. The number of nitrogens with zero attached hydrogens (tertiary/aromatic N) is 1. The second-order valence-electron chi connectivity index (χ2n) is 5.61. The summed E-state index contributed by atoms with van der Waals surface area (Å²) in [5.74, 6) is 0.292. The van der Waals surface area contributed by atoms with Gasteiger partial charge in [-0.15, -0.1) is 11.3 Å². The third-order valence-corrected chi connectivity index (χ3v) is 4.36. The molecule has 128 valence electrons. The SMILES string of the molecule is CC(NC(=O)COc1ccc(-c2cscn2)cc1N)c1ccccc1. The number of carbonyl (C=O) groups is 1. The second kappa shape index (κ2) is 7.81. The minimum Gasteiger partial charge on any atom is -0.482 e. The molecule has 0 bridgehead atoms. The van der Waals surface area contributed by atoms with Gasteiger partial charge in [0.05, 0.1) is 22.9 Å².